The molecule has 0 radical (unpaired) electrons. The molecule has 1 aromatic carbocycles. The second kappa shape index (κ2) is 6.09. The first-order chi connectivity index (χ1) is 9.98. The number of nitrogens with zero attached hydrogens (tertiary/aromatic N) is 1. The molecule has 7 nitrogen and oxygen atoms in total. The van der Waals surface area contributed by atoms with Crippen LogP contribution in [0.15, 0.2) is 18.2 Å². The Hall–Kier alpha value is -2.15. The molecule has 1 aliphatic rings. The molecule has 2 rings (SSSR count). The number of hydrogen-bond acceptors (Lipinski definition) is 5. The van der Waals surface area contributed by atoms with Crippen LogP contribution in [0.3, 0.4) is 0 Å². The fourth-order valence-electron chi connectivity index (χ4n) is 2.75. The number of ether oxygens (including phenoxy) is 1. The van der Waals surface area contributed by atoms with Gasteiger partial charge in [0.25, 0.3) is 0 Å². The van der Waals surface area contributed by atoms with Crippen molar-refractivity contribution in [1.82, 2.24) is 5.32 Å². The lowest BCUT2D eigenvalue weighted by atomic mass is 9.74. The van der Waals surface area contributed by atoms with Crippen LogP contribution in [0.4, 0.5) is 5.69 Å². The van der Waals surface area contributed by atoms with Crippen LogP contribution in [-0.4, -0.2) is 36.2 Å². The van der Waals surface area contributed by atoms with Gasteiger partial charge in [0.05, 0.1) is 17.4 Å². The Morgan fingerprint density at radius 3 is 2.67 bits per heavy atom. The lowest BCUT2D eigenvalue weighted by Crippen LogP contribution is -2.43. The summed E-state index contributed by atoms with van der Waals surface area (Å²) < 4.78 is 4.96. The Morgan fingerprint density at radius 2 is 2.14 bits per heavy atom. The van der Waals surface area contributed by atoms with Gasteiger partial charge in [-0.25, -0.2) is 0 Å². The van der Waals surface area contributed by atoms with E-state index < -0.39 is 16.3 Å². The van der Waals surface area contributed by atoms with E-state index in [1.54, 1.807) is 6.07 Å². The number of nitrogens with one attached hydrogen (secondary N) is 1. The molecule has 2 N–H and O–H groups in total. The maximum atomic E-state index is 11.6. The molecule has 0 amide bonds. The van der Waals surface area contributed by atoms with Gasteiger partial charge in [-0.2, -0.15) is 0 Å². The lowest BCUT2D eigenvalue weighted by Gasteiger charge is -2.33. The number of nitro benzene ring substituents is 1. The number of piperidine rings is 1. The van der Waals surface area contributed by atoms with Gasteiger partial charge in [-0.15, -0.1) is 0 Å². The maximum absolute atomic E-state index is 11.6. The number of carbonyl (C=O) groups is 1. The third kappa shape index (κ3) is 3.13. The van der Waals surface area contributed by atoms with Gasteiger partial charge in [-0.3, -0.25) is 14.9 Å². The highest BCUT2D eigenvalue weighted by Crippen LogP contribution is 2.36. The summed E-state index contributed by atoms with van der Waals surface area (Å²) in [5.74, 6) is -0.666. The molecule has 1 heterocycles. The van der Waals surface area contributed by atoms with Crippen LogP contribution in [-0.2, 0) is 11.2 Å². The number of hydrogen-bond donors (Lipinski definition) is 2. The minimum atomic E-state index is -0.853. The highest BCUT2D eigenvalue weighted by Gasteiger charge is 2.40. The Kier molecular flexibility index (Phi) is 4.42. The molecular formula is C14H18N2O5. The average Bonchev–Trinajstić information content (AvgIpc) is 2.48. The second-order valence-corrected chi connectivity index (χ2v) is 5.28. The van der Waals surface area contributed by atoms with Crippen molar-refractivity contribution in [1.29, 1.82) is 0 Å². The standard InChI is InChI=1S/C14H18N2O5/c1-21-12-3-2-10(8-11(12)16(19)20)9-14(13(17)18)4-6-15-7-5-14/h2-3,8,15H,4-7,9H2,1H3,(H,17,18). The molecule has 0 saturated carbocycles. The van der Waals surface area contributed by atoms with Crippen molar-refractivity contribution >= 4 is 11.7 Å². The fourth-order valence-corrected chi connectivity index (χ4v) is 2.75. The number of carboxylic acids is 1. The summed E-state index contributed by atoms with van der Waals surface area (Å²) in [4.78, 5) is 22.2. The van der Waals surface area contributed by atoms with Crippen LogP contribution in [0.25, 0.3) is 0 Å². The second-order valence-electron chi connectivity index (χ2n) is 5.28. The molecule has 1 aromatic rings. The molecule has 1 aliphatic heterocycles. The normalized spacial score (nSPS) is 17.2. The third-order valence-electron chi connectivity index (χ3n) is 4.00. The van der Waals surface area contributed by atoms with Crippen LogP contribution in [0.5, 0.6) is 5.75 Å². The third-order valence-corrected chi connectivity index (χ3v) is 4.00. The van der Waals surface area contributed by atoms with Gasteiger partial charge >= 0.3 is 11.7 Å². The van der Waals surface area contributed by atoms with Gasteiger partial charge in [0.2, 0.25) is 0 Å². The summed E-state index contributed by atoms with van der Waals surface area (Å²) in [6, 6.07) is 4.62. The fraction of sp³-hybridized carbons (Fsp3) is 0.500. The predicted octanol–water partition coefficient (Wildman–Crippen LogP) is 1.60. The van der Waals surface area contributed by atoms with E-state index in [-0.39, 0.29) is 17.9 Å². The summed E-state index contributed by atoms with van der Waals surface area (Å²) in [6.07, 6.45) is 1.32. The Balaban J connectivity index is 2.31. The molecular weight excluding hydrogens is 276 g/mol. The molecule has 0 aliphatic carbocycles. The molecule has 1 fully saturated rings. The van der Waals surface area contributed by atoms with Gasteiger partial charge in [-0.1, -0.05) is 6.07 Å². The Bertz CT molecular complexity index is 552. The Labute approximate surface area is 122 Å². The first kappa shape index (κ1) is 15.2. The number of rotatable bonds is 5. The van der Waals surface area contributed by atoms with Gasteiger partial charge in [0, 0.05) is 6.07 Å². The predicted molar refractivity (Wildman–Crippen MR) is 75.5 cm³/mol. The molecule has 0 atom stereocenters. The summed E-state index contributed by atoms with van der Waals surface area (Å²) in [5, 5.41) is 23.7. The summed E-state index contributed by atoms with van der Waals surface area (Å²) in [7, 11) is 1.37. The minimum absolute atomic E-state index is 0.135. The number of carboxylic acid groups (broad SMARTS) is 1. The molecule has 0 unspecified atom stereocenters. The monoisotopic (exact) mass is 294 g/mol. The number of methoxy groups -OCH3 is 1. The van der Waals surface area contributed by atoms with E-state index in [0.29, 0.717) is 31.5 Å². The number of nitro groups is 1. The van der Waals surface area contributed by atoms with E-state index in [4.69, 9.17) is 4.74 Å². The van der Waals surface area contributed by atoms with Crippen LogP contribution < -0.4 is 10.1 Å². The largest absolute Gasteiger partial charge is 0.490 e. The SMILES string of the molecule is COc1ccc(CC2(C(=O)O)CCNCC2)cc1[N+](=O)[O-]. The molecule has 1 saturated heterocycles. The quantitative estimate of drug-likeness (QED) is 0.631. The zero-order valence-corrected chi connectivity index (χ0v) is 11.8. The van der Waals surface area contributed by atoms with E-state index in [1.807, 2.05) is 0 Å². The van der Waals surface area contributed by atoms with Crippen molar-refractivity contribution in [3.8, 4) is 5.75 Å². The molecule has 0 bridgehead atoms. The van der Waals surface area contributed by atoms with E-state index in [2.05, 4.69) is 5.32 Å². The van der Waals surface area contributed by atoms with E-state index in [1.165, 1.54) is 19.2 Å². The molecule has 0 spiro atoms. The average molecular weight is 294 g/mol. The van der Waals surface area contributed by atoms with Gasteiger partial charge in [-0.05, 0) is 44.0 Å². The van der Waals surface area contributed by atoms with Crippen molar-refractivity contribution in [3.63, 3.8) is 0 Å². The molecule has 7 heteroatoms. The number of aliphatic carboxylic acids is 1. The van der Waals surface area contributed by atoms with Crippen LogP contribution >= 0.6 is 0 Å². The van der Waals surface area contributed by atoms with E-state index in [9.17, 15) is 20.0 Å². The van der Waals surface area contributed by atoms with Crippen LogP contribution in [0.2, 0.25) is 0 Å². The van der Waals surface area contributed by atoms with Gasteiger partial charge in [0.15, 0.2) is 5.75 Å². The molecule has 114 valence electrons. The van der Waals surface area contributed by atoms with Crippen molar-refractivity contribution < 1.29 is 19.6 Å². The Morgan fingerprint density at radius 1 is 1.48 bits per heavy atom. The lowest BCUT2D eigenvalue weighted by molar-refractivity contribution is -0.385. The molecule has 21 heavy (non-hydrogen) atoms. The minimum Gasteiger partial charge on any atom is -0.490 e. The van der Waals surface area contributed by atoms with Crippen LogP contribution in [0.1, 0.15) is 18.4 Å². The van der Waals surface area contributed by atoms with E-state index >= 15 is 0 Å². The summed E-state index contributed by atoms with van der Waals surface area (Å²) in [6.45, 7) is 1.29. The van der Waals surface area contributed by atoms with Crippen molar-refractivity contribution in [3.05, 3.63) is 33.9 Å². The topological polar surface area (TPSA) is 102 Å². The zero-order chi connectivity index (χ0) is 15.5. The highest BCUT2D eigenvalue weighted by atomic mass is 16.6. The maximum Gasteiger partial charge on any atom is 0.311 e. The van der Waals surface area contributed by atoms with Gasteiger partial charge < -0.3 is 15.2 Å². The highest BCUT2D eigenvalue weighted by molar-refractivity contribution is 5.75. The van der Waals surface area contributed by atoms with Gasteiger partial charge in [0.1, 0.15) is 0 Å². The first-order valence-corrected chi connectivity index (χ1v) is 6.74. The van der Waals surface area contributed by atoms with Crippen molar-refractivity contribution in [2.75, 3.05) is 20.2 Å². The van der Waals surface area contributed by atoms with Crippen molar-refractivity contribution in [2.24, 2.45) is 5.41 Å². The van der Waals surface area contributed by atoms with Crippen molar-refractivity contribution in [2.45, 2.75) is 19.3 Å². The zero-order valence-electron chi connectivity index (χ0n) is 11.8. The number of benzene rings is 1. The smallest absolute Gasteiger partial charge is 0.311 e. The van der Waals surface area contributed by atoms with E-state index in [0.717, 1.165) is 0 Å². The van der Waals surface area contributed by atoms with Crippen LogP contribution in [0, 0.1) is 15.5 Å². The summed E-state index contributed by atoms with van der Waals surface area (Å²) in [5.41, 5.74) is -0.343. The summed E-state index contributed by atoms with van der Waals surface area (Å²) >= 11 is 0. The first-order valence-electron chi connectivity index (χ1n) is 6.74. The molecule has 0 aromatic heterocycles.